The number of nitrogens with two attached hydrogens (primary N) is 2. The van der Waals surface area contributed by atoms with Gasteiger partial charge < -0.3 is 11.5 Å². The Labute approximate surface area is 64.0 Å². The molecule has 0 fully saturated rings. The lowest BCUT2D eigenvalue weighted by atomic mass is 9.95. The summed E-state index contributed by atoms with van der Waals surface area (Å²) in [5, 5.41) is 0. The van der Waals surface area contributed by atoms with Gasteiger partial charge in [-0.1, -0.05) is 13.8 Å². The summed E-state index contributed by atoms with van der Waals surface area (Å²) in [4.78, 5) is 0. The lowest BCUT2D eigenvalue weighted by Crippen LogP contribution is -2.30. The van der Waals surface area contributed by atoms with Gasteiger partial charge in [0.25, 0.3) is 0 Å². The summed E-state index contributed by atoms with van der Waals surface area (Å²) in [6.07, 6.45) is 2.10. The Morgan fingerprint density at radius 1 is 1.20 bits per heavy atom. The normalized spacial score (nSPS) is 20.1. The zero-order valence-corrected chi connectivity index (χ0v) is 7.30. The van der Waals surface area contributed by atoms with Gasteiger partial charge in [-0.25, -0.2) is 0 Å². The molecule has 0 bridgehead atoms. The van der Waals surface area contributed by atoms with Gasteiger partial charge in [-0.05, 0) is 25.7 Å². The summed E-state index contributed by atoms with van der Waals surface area (Å²) in [6, 6.07) is 0.610. The maximum atomic E-state index is 5.76. The van der Waals surface area contributed by atoms with E-state index < -0.39 is 0 Å². The Morgan fingerprint density at radius 3 is 2.00 bits per heavy atom. The minimum atomic E-state index is 0.276. The van der Waals surface area contributed by atoms with Gasteiger partial charge in [0.05, 0.1) is 0 Å². The molecule has 0 saturated carbocycles. The molecule has 3 unspecified atom stereocenters. The van der Waals surface area contributed by atoms with E-state index in [0.29, 0.717) is 12.0 Å². The van der Waals surface area contributed by atoms with Crippen LogP contribution in [-0.2, 0) is 0 Å². The molecular weight excluding hydrogens is 124 g/mol. The second kappa shape index (κ2) is 4.69. The van der Waals surface area contributed by atoms with Gasteiger partial charge in [0.2, 0.25) is 0 Å². The van der Waals surface area contributed by atoms with Gasteiger partial charge >= 0.3 is 0 Å². The molecule has 0 aromatic heterocycles. The molecule has 0 aliphatic heterocycles. The second-order valence-electron chi connectivity index (χ2n) is 3.24. The van der Waals surface area contributed by atoms with Crippen LogP contribution in [0.2, 0.25) is 0 Å². The third-order valence-corrected chi connectivity index (χ3v) is 2.10. The van der Waals surface area contributed by atoms with E-state index >= 15 is 0 Å². The fraction of sp³-hybridized carbons (Fsp3) is 1.00. The SMILES string of the molecule is CCC(N)CC(C)C(C)N. The molecule has 0 heterocycles. The molecule has 0 rings (SSSR count). The van der Waals surface area contributed by atoms with Crippen molar-refractivity contribution < 1.29 is 0 Å². The molecule has 0 aliphatic rings. The smallest absolute Gasteiger partial charge is 0.00393 e. The Kier molecular flexibility index (Phi) is 4.65. The van der Waals surface area contributed by atoms with Crippen molar-refractivity contribution in [2.75, 3.05) is 0 Å². The number of rotatable bonds is 4. The van der Waals surface area contributed by atoms with Gasteiger partial charge in [0, 0.05) is 12.1 Å². The van der Waals surface area contributed by atoms with Crippen molar-refractivity contribution in [3.8, 4) is 0 Å². The molecule has 0 aromatic carbocycles. The van der Waals surface area contributed by atoms with Crippen molar-refractivity contribution in [3.05, 3.63) is 0 Å². The minimum absolute atomic E-state index is 0.276. The molecule has 2 nitrogen and oxygen atoms in total. The highest BCUT2D eigenvalue weighted by Crippen LogP contribution is 2.09. The van der Waals surface area contributed by atoms with E-state index in [2.05, 4.69) is 13.8 Å². The zero-order chi connectivity index (χ0) is 8.15. The second-order valence-corrected chi connectivity index (χ2v) is 3.24. The van der Waals surface area contributed by atoms with Crippen molar-refractivity contribution >= 4 is 0 Å². The lowest BCUT2D eigenvalue weighted by molar-refractivity contribution is 0.402. The Balaban J connectivity index is 3.46. The minimum Gasteiger partial charge on any atom is -0.328 e. The lowest BCUT2D eigenvalue weighted by Gasteiger charge is -2.18. The predicted molar refractivity (Wildman–Crippen MR) is 45.7 cm³/mol. The molecular formula is C8H20N2. The van der Waals surface area contributed by atoms with E-state index in [1.807, 2.05) is 6.92 Å². The van der Waals surface area contributed by atoms with Crippen molar-refractivity contribution in [1.29, 1.82) is 0 Å². The first-order chi connectivity index (χ1) is 4.57. The van der Waals surface area contributed by atoms with Crippen LogP contribution >= 0.6 is 0 Å². The quantitative estimate of drug-likeness (QED) is 0.620. The van der Waals surface area contributed by atoms with Gasteiger partial charge in [-0.3, -0.25) is 0 Å². The third-order valence-electron chi connectivity index (χ3n) is 2.10. The predicted octanol–water partition coefficient (Wildman–Crippen LogP) is 1.10. The molecule has 4 N–H and O–H groups in total. The first-order valence-corrected chi connectivity index (χ1v) is 4.09. The highest BCUT2D eigenvalue weighted by molar-refractivity contribution is 4.69. The Morgan fingerprint density at radius 2 is 1.70 bits per heavy atom. The fourth-order valence-electron chi connectivity index (χ4n) is 0.859. The van der Waals surface area contributed by atoms with Crippen LogP contribution in [0.25, 0.3) is 0 Å². The topological polar surface area (TPSA) is 52.0 Å². The average Bonchev–Trinajstić information content (AvgIpc) is 1.87. The van der Waals surface area contributed by atoms with Crippen LogP contribution in [-0.4, -0.2) is 12.1 Å². The van der Waals surface area contributed by atoms with Crippen LogP contribution in [0.5, 0.6) is 0 Å². The van der Waals surface area contributed by atoms with Crippen LogP contribution in [0.15, 0.2) is 0 Å². The fourth-order valence-corrected chi connectivity index (χ4v) is 0.859. The van der Waals surface area contributed by atoms with Crippen molar-refractivity contribution in [2.45, 2.75) is 45.7 Å². The number of hydrogen-bond donors (Lipinski definition) is 2. The van der Waals surface area contributed by atoms with Crippen molar-refractivity contribution in [1.82, 2.24) is 0 Å². The summed E-state index contributed by atoms with van der Waals surface area (Å²) in [5.41, 5.74) is 11.4. The van der Waals surface area contributed by atoms with Gasteiger partial charge in [0.1, 0.15) is 0 Å². The van der Waals surface area contributed by atoms with E-state index in [4.69, 9.17) is 11.5 Å². The van der Waals surface area contributed by atoms with E-state index in [1.54, 1.807) is 0 Å². The monoisotopic (exact) mass is 144 g/mol. The molecule has 0 amide bonds. The van der Waals surface area contributed by atoms with Crippen LogP contribution in [0, 0.1) is 5.92 Å². The summed E-state index contributed by atoms with van der Waals surface area (Å²) < 4.78 is 0. The summed E-state index contributed by atoms with van der Waals surface area (Å²) >= 11 is 0. The summed E-state index contributed by atoms with van der Waals surface area (Å²) in [7, 11) is 0. The maximum absolute atomic E-state index is 5.76. The van der Waals surface area contributed by atoms with Crippen LogP contribution in [0.4, 0.5) is 0 Å². The standard InChI is InChI=1S/C8H20N2/c1-4-8(10)5-6(2)7(3)9/h6-8H,4-5,9-10H2,1-3H3. The summed E-state index contributed by atoms with van der Waals surface area (Å²) in [6.45, 7) is 6.30. The first kappa shape index (κ1) is 9.92. The van der Waals surface area contributed by atoms with E-state index in [1.165, 1.54) is 0 Å². The van der Waals surface area contributed by atoms with Crippen LogP contribution in [0.3, 0.4) is 0 Å². The van der Waals surface area contributed by atoms with E-state index in [-0.39, 0.29) is 6.04 Å². The van der Waals surface area contributed by atoms with E-state index in [0.717, 1.165) is 12.8 Å². The number of hydrogen-bond acceptors (Lipinski definition) is 2. The van der Waals surface area contributed by atoms with Gasteiger partial charge in [0.15, 0.2) is 0 Å². The molecule has 62 valence electrons. The van der Waals surface area contributed by atoms with Crippen LogP contribution < -0.4 is 11.5 Å². The zero-order valence-electron chi connectivity index (χ0n) is 7.30. The maximum Gasteiger partial charge on any atom is 0.00393 e. The molecule has 0 spiro atoms. The molecule has 0 aromatic rings. The Bertz CT molecular complexity index is 81.3. The first-order valence-electron chi connectivity index (χ1n) is 4.09. The molecule has 3 atom stereocenters. The average molecular weight is 144 g/mol. The third kappa shape index (κ3) is 3.85. The molecule has 0 radical (unpaired) electrons. The van der Waals surface area contributed by atoms with Gasteiger partial charge in [-0.2, -0.15) is 0 Å². The summed E-state index contributed by atoms with van der Waals surface area (Å²) in [5.74, 6) is 0.551. The van der Waals surface area contributed by atoms with E-state index in [9.17, 15) is 0 Å². The largest absolute Gasteiger partial charge is 0.328 e. The highest BCUT2D eigenvalue weighted by Gasteiger charge is 2.10. The highest BCUT2D eigenvalue weighted by atomic mass is 14.7. The molecule has 0 saturated heterocycles. The van der Waals surface area contributed by atoms with Gasteiger partial charge in [-0.15, -0.1) is 0 Å². The van der Waals surface area contributed by atoms with Crippen molar-refractivity contribution in [2.24, 2.45) is 17.4 Å². The molecule has 10 heavy (non-hydrogen) atoms. The van der Waals surface area contributed by atoms with Crippen LogP contribution in [0.1, 0.15) is 33.6 Å². The molecule has 2 heteroatoms. The Hall–Kier alpha value is -0.0800. The molecule has 0 aliphatic carbocycles. The van der Waals surface area contributed by atoms with Crippen molar-refractivity contribution in [3.63, 3.8) is 0 Å².